The molecule has 1 aromatic carbocycles. The molecule has 2 aliphatic heterocycles. The first-order valence-corrected chi connectivity index (χ1v) is 6.99. The van der Waals surface area contributed by atoms with E-state index in [1.165, 1.54) is 12.5 Å². The highest BCUT2D eigenvalue weighted by Gasteiger charge is 2.31. The van der Waals surface area contributed by atoms with Gasteiger partial charge in [-0.25, -0.2) is 4.39 Å². The first kappa shape index (κ1) is 12.6. The molecular weight excluding hydrogens is 243 g/mol. The van der Waals surface area contributed by atoms with Gasteiger partial charge >= 0.3 is 0 Å². The van der Waals surface area contributed by atoms with Crippen molar-refractivity contribution in [2.45, 2.75) is 37.8 Å². The molecule has 0 aromatic heterocycles. The average Bonchev–Trinajstić information content (AvgIpc) is 2.71. The van der Waals surface area contributed by atoms with Gasteiger partial charge in [-0.3, -0.25) is 4.79 Å². The van der Waals surface area contributed by atoms with Crippen molar-refractivity contribution in [1.29, 1.82) is 0 Å². The number of likely N-dealkylation sites (tertiary alicyclic amines) is 1. The molecule has 1 N–H and O–H groups in total. The third kappa shape index (κ3) is 2.78. The summed E-state index contributed by atoms with van der Waals surface area (Å²) in [7, 11) is 0. The lowest BCUT2D eigenvalue weighted by molar-refractivity contribution is -0.130. The second kappa shape index (κ2) is 5.29. The van der Waals surface area contributed by atoms with Gasteiger partial charge < -0.3 is 10.2 Å². The SMILES string of the molecule is O=C(Cc1ccccc1F)N1CCC2CCC(C1)N2. The van der Waals surface area contributed by atoms with Gasteiger partial charge in [0.05, 0.1) is 6.42 Å². The molecule has 2 fully saturated rings. The molecule has 0 saturated carbocycles. The van der Waals surface area contributed by atoms with Gasteiger partial charge in [-0.2, -0.15) is 0 Å². The number of amides is 1. The van der Waals surface area contributed by atoms with Crippen LogP contribution in [0.15, 0.2) is 24.3 Å². The van der Waals surface area contributed by atoms with Crippen LogP contribution in [-0.4, -0.2) is 36.0 Å². The van der Waals surface area contributed by atoms with E-state index in [1.54, 1.807) is 18.2 Å². The normalized spacial score (nSPS) is 26.3. The topological polar surface area (TPSA) is 32.3 Å². The molecule has 2 saturated heterocycles. The second-order valence-electron chi connectivity index (χ2n) is 5.53. The van der Waals surface area contributed by atoms with E-state index < -0.39 is 0 Å². The summed E-state index contributed by atoms with van der Waals surface area (Å²) in [5, 5.41) is 3.54. The van der Waals surface area contributed by atoms with E-state index in [0.717, 1.165) is 25.9 Å². The van der Waals surface area contributed by atoms with Crippen LogP contribution in [0.25, 0.3) is 0 Å². The molecular formula is C15H19FN2O. The largest absolute Gasteiger partial charge is 0.341 e. The number of nitrogens with zero attached hydrogens (tertiary/aromatic N) is 1. The zero-order valence-electron chi connectivity index (χ0n) is 10.9. The monoisotopic (exact) mass is 262 g/mol. The van der Waals surface area contributed by atoms with E-state index in [-0.39, 0.29) is 18.1 Å². The van der Waals surface area contributed by atoms with Crippen molar-refractivity contribution in [2.24, 2.45) is 0 Å². The first-order chi connectivity index (χ1) is 9.22. The predicted octanol–water partition coefficient (Wildman–Crippen LogP) is 1.72. The lowest BCUT2D eigenvalue weighted by Crippen LogP contribution is -2.39. The van der Waals surface area contributed by atoms with Crippen LogP contribution in [0.5, 0.6) is 0 Å². The maximum absolute atomic E-state index is 13.6. The summed E-state index contributed by atoms with van der Waals surface area (Å²) in [6.07, 6.45) is 3.55. The van der Waals surface area contributed by atoms with Crippen LogP contribution in [0.4, 0.5) is 4.39 Å². The minimum Gasteiger partial charge on any atom is -0.341 e. The second-order valence-corrected chi connectivity index (χ2v) is 5.53. The van der Waals surface area contributed by atoms with Crippen LogP contribution in [0, 0.1) is 5.82 Å². The number of hydrogen-bond donors (Lipinski definition) is 1. The van der Waals surface area contributed by atoms with Gasteiger partial charge in [0, 0.05) is 25.2 Å². The Bertz CT molecular complexity index is 477. The third-order valence-electron chi connectivity index (χ3n) is 4.18. The fourth-order valence-electron chi connectivity index (χ4n) is 3.09. The minimum absolute atomic E-state index is 0.0412. The predicted molar refractivity (Wildman–Crippen MR) is 71.2 cm³/mol. The molecule has 1 aromatic rings. The van der Waals surface area contributed by atoms with E-state index in [9.17, 15) is 9.18 Å². The molecule has 1 amide bonds. The zero-order valence-corrected chi connectivity index (χ0v) is 10.9. The molecule has 2 heterocycles. The van der Waals surface area contributed by atoms with E-state index in [1.807, 2.05) is 4.90 Å². The first-order valence-electron chi connectivity index (χ1n) is 6.99. The Morgan fingerprint density at radius 1 is 1.26 bits per heavy atom. The van der Waals surface area contributed by atoms with Gasteiger partial charge in [0.2, 0.25) is 5.91 Å². The van der Waals surface area contributed by atoms with E-state index in [2.05, 4.69) is 5.32 Å². The van der Waals surface area contributed by atoms with Crippen molar-refractivity contribution >= 4 is 5.91 Å². The number of carbonyl (C=O) groups is 1. The van der Waals surface area contributed by atoms with Gasteiger partial charge in [0.15, 0.2) is 0 Å². The smallest absolute Gasteiger partial charge is 0.227 e. The number of halogens is 1. The Kier molecular flexibility index (Phi) is 3.51. The Morgan fingerprint density at radius 2 is 2.05 bits per heavy atom. The standard InChI is InChI=1S/C15H19FN2O/c16-14-4-2-1-3-11(14)9-15(19)18-8-7-12-5-6-13(10-18)17-12/h1-4,12-13,17H,5-10H2. The summed E-state index contributed by atoms with van der Waals surface area (Å²) in [5.74, 6) is -0.246. The summed E-state index contributed by atoms with van der Waals surface area (Å²) in [6.45, 7) is 1.56. The molecule has 2 atom stereocenters. The number of benzene rings is 1. The molecule has 19 heavy (non-hydrogen) atoms. The summed E-state index contributed by atoms with van der Waals surface area (Å²) >= 11 is 0. The van der Waals surface area contributed by atoms with Gasteiger partial charge in [0.1, 0.15) is 5.82 Å². The summed E-state index contributed by atoms with van der Waals surface area (Å²) in [6, 6.07) is 7.52. The van der Waals surface area contributed by atoms with Gasteiger partial charge in [-0.15, -0.1) is 0 Å². The zero-order chi connectivity index (χ0) is 13.2. The lowest BCUT2D eigenvalue weighted by atomic mass is 10.1. The average molecular weight is 262 g/mol. The van der Waals surface area contributed by atoms with E-state index in [0.29, 0.717) is 17.6 Å². The molecule has 2 bridgehead atoms. The summed E-state index contributed by atoms with van der Waals surface area (Å²) < 4.78 is 13.6. The van der Waals surface area contributed by atoms with Crippen LogP contribution >= 0.6 is 0 Å². The van der Waals surface area contributed by atoms with Crippen molar-refractivity contribution < 1.29 is 9.18 Å². The molecule has 102 valence electrons. The molecule has 3 rings (SSSR count). The van der Waals surface area contributed by atoms with Crippen LogP contribution in [0.3, 0.4) is 0 Å². The number of rotatable bonds is 2. The van der Waals surface area contributed by atoms with E-state index >= 15 is 0 Å². The molecule has 2 aliphatic rings. The Morgan fingerprint density at radius 3 is 2.89 bits per heavy atom. The van der Waals surface area contributed by atoms with Crippen LogP contribution in [0.2, 0.25) is 0 Å². The Balaban J connectivity index is 1.66. The number of carbonyl (C=O) groups excluding carboxylic acids is 1. The quantitative estimate of drug-likeness (QED) is 0.880. The fourth-order valence-corrected chi connectivity index (χ4v) is 3.09. The van der Waals surface area contributed by atoms with Gasteiger partial charge in [0.25, 0.3) is 0 Å². The highest BCUT2D eigenvalue weighted by Crippen LogP contribution is 2.21. The third-order valence-corrected chi connectivity index (χ3v) is 4.18. The molecule has 4 heteroatoms. The Labute approximate surface area is 112 Å². The van der Waals surface area contributed by atoms with Gasteiger partial charge in [-0.1, -0.05) is 18.2 Å². The van der Waals surface area contributed by atoms with E-state index in [4.69, 9.17) is 0 Å². The summed E-state index contributed by atoms with van der Waals surface area (Å²) in [5.41, 5.74) is 0.495. The number of nitrogens with one attached hydrogen (secondary N) is 1. The number of hydrogen-bond acceptors (Lipinski definition) is 2. The Hall–Kier alpha value is -1.42. The minimum atomic E-state index is -0.287. The molecule has 0 spiro atoms. The lowest BCUT2D eigenvalue weighted by Gasteiger charge is -2.24. The molecule has 0 radical (unpaired) electrons. The van der Waals surface area contributed by atoms with Gasteiger partial charge in [-0.05, 0) is 30.9 Å². The highest BCUT2D eigenvalue weighted by molar-refractivity contribution is 5.79. The number of fused-ring (bicyclic) bond motifs is 2. The molecule has 3 nitrogen and oxygen atoms in total. The molecule has 0 aliphatic carbocycles. The van der Waals surface area contributed by atoms with Crippen molar-refractivity contribution in [3.63, 3.8) is 0 Å². The van der Waals surface area contributed by atoms with Crippen molar-refractivity contribution in [1.82, 2.24) is 10.2 Å². The summed E-state index contributed by atoms with van der Waals surface area (Å²) in [4.78, 5) is 14.2. The maximum Gasteiger partial charge on any atom is 0.227 e. The van der Waals surface area contributed by atoms with Crippen molar-refractivity contribution in [2.75, 3.05) is 13.1 Å². The fraction of sp³-hybridized carbons (Fsp3) is 0.533. The molecule has 2 unspecified atom stereocenters. The van der Waals surface area contributed by atoms with Crippen molar-refractivity contribution in [3.05, 3.63) is 35.6 Å². The van der Waals surface area contributed by atoms with Crippen molar-refractivity contribution in [3.8, 4) is 0 Å². The highest BCUT2D eigenvalue weighted by atomic mass is 19.1. The van der Waals surface area contributed by atoms with Crippen LogP contribution in [0.1, 0.15) is 24.8 Å². The maximum atomic E-state index is 13.6. The van der Waals surface area contributed by atoms with Crippen LogP contribution < -0.4 is 5.32 Å². The van der Waals surface area contributed by atoms with Crippen LogP contribution in [-0.2, 0) is 11.2 Å².